The molecule has 1 heterocycles. The molecule has 0 aliphatic rings. The van der Waals surface area contributed by atoms with Crippen molar-refractivity contribution in [3.05, 3.63) is 33.4 Å². The van der Waals surface area contributed by atoms with Gasteiger partial charge in [-0.3, -0.25) is 4.79 Å². The van der Waals surface area contributed by atoms with Crippen molar-refractivity contribution in [1.29, 1.82) is 0 Å². The number of anilines is 2. The zero-order chi connectivity index (χ0) is 12.3. The van der Waals surface area contributed by atoms with Crippen LogP contribution < -0.4 is 11.1 Å². The van der Waals surface area contributed by atoms with E-state index >= 15 is 0 Å². The Balaban J connectivity index is 2.25. The van der Waals surface area contributed by atoms with Crippen LogP contribution in [0.2, 0.25) is 0 Å². The molecule has 0 unspecified atom stereocenters. The van der Waals surface area contributed by atoms with Gasteiger partial charge < -0.3 is 11.1 Å². The number of nitrogens with two attached hydrogens (primary N) is 1. The van der Waals surface area contributed by atoms with Crippen LogP contribution in [0.25, 0.3) is 0 Å². The summed E-state index contributed by atoms with van der Waals surface area (Å²) in [6.45, 7) is 0.526. The number of halogens is 1. The number of hydrogen-bond donors (Lipinski definition) is 2. The monoisotopic (exact) mass is 343 g/mol. The van der Waals surface area contributed by atoms with Crippen molar-refractivity contribution in [2.45, 2.75) is 6.54 Å². The minimum absolute atomic E-state index is 0.283. The summed E-state index contributed by atoms with van der Waals surface area (Å²) in [5, 5.41) is 10.1. The summed E-state index contributed by atoms with van der Waals surface area (Å²) in [5.74, 6) is 0.627. The van der Waals surface area contributed by atoms with Gasteiger partial charge in [-0.25, -0.2) is 4.68 Å². The third-order valence-corrected chi connectivity index (χ3v) is 3.30. The Kier molecular flexibility index (Phi) is 3.57. The molecule has 1 amide bonds. The molecule has 88 valence electrons. The molecule has 0 saturated carbocycles. The molecule has 3 N–H and O–H groups in total. The molecule has 0 bridgehead atoms. The highest BCUT2D eigenvalue weighted by Gasteiger charge is 2.09. The number of rotatable bonds is 4. The Hall–Kier alpha value is -1.64. The molecule has 1 aromatic carbocycles. The lowest BCUT2D eigenvalue weighted by atomic mass is 10.2. The van der Waals surface area contributed by atoms with Crippen LogP contribution in [-0.2, 0) is 11.3 Å². The summed E-state index contributed by atoms with van der Waals surface area (Å²) in [6.07, 6.45) is 0.525. The number of benzene rings is 1. The minimum atomic E-state index is 0.283. The quantitative estimate of drug-likeness (QED) is 0.643. The van der Waals surface area contributed by atoms with E-state index in [-0.39, 0.29) is 5.82 Å². The predicted molar refractivity (Wildman–Crippen MR) is 72.4 cm³/mol. The van der Waals surface area contributed by atoms with Crippen molar-refractivity contribution in [3.8, 4) is 0 Å². The molecule has 7 heteroatoms. The van der Waals surface area contributed by atoms with E-state index in [1.165, 1.54) is 0 Å². The molecule has 2 aromatic rings. The summed E-state index contributed by atoms with van der Waals surface area (Å²) < 4.78 is 2.67. The van der Waals surface area contributed by atoms with Crippen molar-refractivity contribution in [3.63, 3.8) is 0 Å². The lowest BCUT2D eigenvalue weighted by Gasteiger charge is -2.05. The highest BCUT2D eigenvalue weighted by molar-refractivity contribution is 14.1. The molecule has 17 heavy (non-hydrogen) atoms. The van der Waals surface area contributed by atoms with E-state index in [1.54, 1.807) is 4.68 Å². The summed E-state index contributed by atoms with van der Waals surface area (Å²) in [5.41, 5.74) is 6.90. The Morgan fingerprint density at radius 2 is 2.24 bits per heavy atom. The topological polar surface area (TPSA) is 85.8 Å². The van der Waals surface area contributed by atoms with Crippen molar-refractivity contribution < 1.29 is 4.79 Å². The smallest absolute Gasteiger partial charge is 0.212 e. The Morgan fingerprint density at radius 1 is 1.47 bits per heavy atom. The average Bonchev–Trinajstić information content (AvgIpc) is 2.65. The molecule has 1 aromatic heterocycles. The fraction of sp³-hybridized carbons (Fsp3) is 0.100. The Morgan fingerprint density at radius 3 is 2.94 bits per heavy atom. The maximum atomic E-state index is 10.3. The number of carbonyl (C=O) groups excluding carboxylic acids is 1. The summed E-state index contributed by atoms with van der Waals surface area (Å²) in [4.78, 5) is 10.3. The van der Waals surface area contributed by atoms with Crippen molar-refractivity contribution in [1.82, 2.24) is 15.0 Å². The lowest BCUT2D eigenvalue weighted by Crippen LogP contribution is -2.08. The number of nitrogens with zero attached hydrogens (tertiary/aromatic N) is 3. The van der Waals surface area contributed by atoms with Gasteiger partial charge in [0, 0.05) is 3.57 Å². The van der Waals surface area contributed by atoms with E-state index in [0.29, 0.717) is 18.8 Å². The predicted octanol–water partition coefficient (Wildman–Crippen LogP) is 1.08. The second-order valence-electron chi connectivity index (χ2n) is 3.33. The van der Waals surface area contributed by atoms with Crippen LogP contribution >= 0.6 is 22.6 Å². The van der Waals surface area contributed by atoms with E-state index in [1.807, 2.05) is 24.3 Å². The average molecular weight is 343 g/mol. The van der Waals surface area contributed by atoms with Gasteiger partial charge in [-0.1, -0.05) is 23.4 Å². The summed E-state index contributed by atoms with van der Waals surface area (Å²) in [6, 6.07) is 7.92. The Labute approximate surface area is 111 Å². The third-order valence-electron chi connectivity index (χ3n) is 2.25. The van der Waals surface area contributed by atoms with Gasteiger partial charge >= 0.3 is 0 Å². The zero-order valence-electron chi connectivity index (χ0n) is 8.80. The minimum Gasteiger partial charge on any atom is -0.381 e. The fourth-order valence-electron chi connectivity index (χ4n) is 1.38. The second kappa shape index (κ2) is 5.13. The van der Waals surface area contributed by atoms with Crippen LogP contribution in [0.5, 0.6) is 0 Å². The standard InChI is InChI=1S/C10H10IN5O/c11-8-4-2-1-3-7(8)5-16-9(12)10(13-6-17)14-15-16/h1-4,6H,5,12H2,(H,13,17). The van der Waals surface area contributed by atoms with Crippen LogP contribution in [0.3, 0.4) is 0 Å². The van der Waals surface area contributed by atoms with Crippen molar-refractivity contribution in [2.75, 3.05) is 11.1 Å². The van der Waals surface area contributed by atoms with Gasteiger partial charge in [0.15, 0.2) is 11.6 Å². The zero-order valence-corrected chi connectivity index (χ0v) is 11.0. The molecule has 0 aliphatic heterocycles. The van der Waals surface area contributed by atoms with E-state index in [4.69, 9.17) is 5.73 Å². The number of nitrogen functional groups attached to an aromatic ring is 1. The van der Waals surface area contributed by atoms with Gasteiger partial charge in [0.25, 0.3) is 0 Å². The van der Waals surface area contributed by atoms with E-state index in [0.717, 1.165) is 9.13 Å². The van der Waals surface area contributed by atoms with Gasteiger partial charge in [0.1, 0.15) is 0 Å². The van der Waals surface area contributed by atoms with Crippen LogP contribution in [0, 0.1) is 3.57 Å². The van der Waals surface area contributed by atoms with E-state index < -0.39 is 0 Å². The highest BCUT2D eigenvalue weighted by atomic mass is 127. The number of hydrogen-bond acceptors (Lipinski definition) is 4. The largest absolute Gasteiger partial charge is 0.381 e. The maximum Gasteiger partial charge on any atom is 0.212 e. The van der Waals surface area contributed by atoms with Crippen LogP contribution in [0.4, 0.5) is 11.6 Å². The molecule has 0 radical (unpaired) electrons. The third kappa shape index (κ3) is 2.54. The SMILES string of the molecule is Nc1c(NC=O)nnn1Cc1ccccc1I. The second-order valence-corrected chi connectivity index (χ2v) is 4.50. The van der Waals surface area contributed by atoms with Crippen LogP contribution in [-0.4, -0.2) is 21.4 Å². The molecule has 0 saturated heterocycles. The molecule has 0 aliphatic carbocycles. The molecule has 0 fully saturated rings. The van der Waals surface area contributed by atoms with E-state index in [2.05, 4.69) is 38.2 Å². The van der Waals surface area contributed by atoms with Crippen LogP contribution in [0.1, 0.15) is 5.56 Å². The number of aromatic nitrogens is 3. The first-order chi connectivity index (χ1) is 8.22. The summed E-state index contributed by atoms with van der Waals surface area (Å²) in [7, 11) is 0. The number of amides is 1. The van der Waals surface area contributed by atoms with Gasteiger partial charge in [-0.15, -0.1) is 5.10 Å². The van der Waals surface area contributed by atoms with Gasteiger partial charge in [0.05, 0.1) is 6.54 Å². The first-order valence-electron chi connectivity index (χ1n) is 4.85. The summed E-state index contributed by atoms with van der Waals surface area (Å²) >= 11 is 2.25. The van der Waals surface area contributed by atoms with Crippen molar-refractivity contribution >= 4 is 40.6 Å². The van der Waals surface area contributed by atoms with Crippen LogP contribution in [0.15, 0.2) is 24.3 Å². The first kappa shape index (κ1) is 11.8. The Bertz CT molecular complexity index is 539. The molecular formula is C10H10IN5O. The van der Waals surface area contributed by atoms with Gasteiger partial charge in [-0.2, -0.15) is 0 Å². The normalized spacial score (nSPS) is 10.2. The molecule has 6 nitrogen and oxygen atoms in total. The number of carbonyl (C=O) groups is 1. The number of nitrogens with one attached hydrogen (secondary N) is 1. The van der Waals surface area contributed by atoms with E-state index in [9.17, 15) is 4.79 Å². The maximum absolute atomic E-state index is 10.3. The lowest BCUT2D eigenvalue weighted by molar-refractivity contribution is -0.105. The van der Waals surface area contributed by atoms with Crippen molar-refractivity contribution in [2.24, 2.45) is 0 Å². The molecule has 2 rings (SSSR count). The van der Waals surface area contributed by atoms with Gasteiger partial charge in [0.2, 0.25) is 6.41 Å². The fourth-order valence-corrected chi connectivity index (χ4v) is 1.94. The van der Waals surface area contributed by atoms with Gasteiger partial charge in [-0.05, 0) is 34.2 Å². The molecule has 0 spiro atoms. The first-order valence-corrected chi connectivity index (χ1v) is 5.93. The molecular weight excluding hydrogens is 333 g/mol. The molecule has 0 atom stereocenters. The highest BCUT2D eigenvalue weighted by Crippen LogP contribution is 2.17.